The molecule has 0 aromatic carbocycles. The number of nitrogens with one attached hydrogen (secondary N) is 2. The van der Waals surface area contributed by atoms with Crippen LogP contribution in [0.3, 0.4) is 0 Å². The van der Waals surface area contributed by atoms with Crippen molar-refractivity contribution in [1.82, 2.24) is 10.6 Å². The summed E-state index contributed by atoms with van der Waals surface area (Å²) < 4.78 is 104. The zero-order chi connectivity index (χ0) is 112. The minimum Gasteiger partial charge on any atom is -0.394 e. The second kappa shape index (κ2) is 59.8. The van der Waals surface area contributed by atoms with Crippen LogP contribution in [0.1, 0.15) is 201 Å². The number of hydrogen-bond acceptors (Lipinski definition) is 50. The van der Waals surface area contributed by atoms with Crippen LogP contribution in [0.2, 0.25) is 0 Å². The maximum Gasteiger partial charge on any atom is 0.217 e. The van der Waals surface area contributed by atoms with Gasteiger partial charge in [0.25, 0.3) is 0 Å². The molecule has 9 heterocycles. The molecule has 856 valence electrons. The van der Waals surface area contributed by atoms with E-state index in [9.17, 15) is 122 Å². The molecule has 0 aromatic rings. The van der Waals surface area contributed by atoms with Crippen molar-refractivity contribution < 1.29 is 238 Å². The molecule has 1 amide bonds. The average molecular weight is 2100 g/mol. The van der Waals surface area contributed by atoms with Gasteiger partial charge in [0.15, 0.2) is 62.8 Å². The molecule has 51 nitrogen and oxygen atoms in total. The highest BCUT2D eigenvalue weighted by Crippen LogP contribution is 2.35. The summed E-state index contributed by atoms with van der Waals surface area (Å²) in [5, 5.41) is 279. The third-order valence-electron chi connectivity index (χ3n) is 21.1. The summed E-state index contributed by atoms with van der Waals surface area (Å²) in [5.74, 6) is -0.707. The summed E-state index contributed by atoms with van der Waals surface area (Å²) in [6.45, 7) is 49.0. The van der Waals surface area contributed by atoms with E-state index in [1.54, 1.807) is 69.2 Å². The van der Waals surface area contributed by atoms with Crippen molar-refractivity contribution in [3.63, 3.8) is 0 Å². The number of aliphatic hydroxyl groups excluding tert-OH is 29. The largest absolute Gasteiger partial charge is 0.394 e. The van der Waals surface area contributed by atoms with E-state index in [1.165, 1.54) is 6.92 Å². The summed E-state index contributed by atoms with van der Waals surface area (Å²) >= 11 is 0. The number of aliphatic hydroxyl groups is 29. The van der Waals surface area contributed by atoms with Crippen molar-refractivity contribution in [3.8, 4) is 0 Å². The summed E-state index contributed by atoms with van der Waals surface area (Å²) in [7, 11) is 0. The lowest BCUT2D eigenvalue weighted by atomic mass is 9.92. The fourth-order valence-corrected chi connectivity index (χ4v) is 14.0. The minimum atomic E-state index is -1.84. The molecular formula is C91H183FN4O47. The van der Waals surface area contributed by atoms with Crippen LogP contribution in [0.5, 0.6) is 0 Å². The van der Waals surface area contributed by atoms with Gasteiger partial charge in [-0.1, -0.05) is 6.92 Å². The molecule has 0 bridgehead atoms. The molecule has 0 aliphatic carbocycles. The second-order valence-electron chi connectivity index (χ2n) is 44.9. The Morgan fingerprint density at radius 1 is 0.280 bits per heavy atom. The van der Waals surface area contributed by atoms with E-state index in [-0.39, 0.29) is 37.2 Å². The predicted molar refractivity (Wildman–Crippen MR) is 499 cm³/mol. The van der Waals surface area contributed by atoms with E-state index in [2.05, 4.69) is 10.6 Å². The van der Waals surface area contributed by atoms with Crippen LogP contribution < -0.4 is 22.1 Å². The maximum absolute atomic E-state index is 13.6. The van der Waals surface area contributed by atoms with Gasteiger partial charge >= 0.3 is 0 Å². The zero-order valence-corrected chi connectivity index (χ0v) is 88.0. The number of amides is 1. The van der Waals surface area contributed by atoms with E-state index < -0.39 is 342 Å². The molecule has 9 aliphatic heterocycles. The number of hydrogen-bond donors (Lipinski definition) is 33. The van der Waals surface area contributed by atoms with Crippen molar-refractivity contribution in [2.24, 2.45) is 17.4 Å². The van der Waals surface area contributed by atoms with Crippen molar-refractivity contribution >= 4 is 5.91 Å². The Balaban J connectivity index is 0.000000805. The van der Waals surface area contributed by atoms with E-state index in [0.29, 0.717) is 0 Å². The number of rotatable bonds is 17. The third-order valence-corrected chi connectivity index (χ3v) is 21.1. The van der Waals surface area contributed by atoms with Crippen LogP contribution >= 0.6 is 0 Å². The third kappa shape index (κ3) is 47.9. The Bertz CT molecular complexity index is 3110. The van der Waals surface area contributed by atoms with Crippen LogP contribution in [0, 0.1) is 5.92 Å². The van der Waals surface area contributed by atoms with Gasteiger partial charge in [-0.25, -0.2) is 4.39 Å². The number of halogens is 1. The molecular weight excluding hydrogens is 1920 g/mol. The highest BCUT2D eigenvalue weighted by atomic mass is 19.1. The fourth-order valence-electron chi connectivity index (χ4n) is 14.0. The maximum atomic E-state index is 13.6. The standard InChI is InChI=1S/C12H23NO6.C11H22O5.C10H19FO5.3C10H21NO5.C10H20O6.2C9H18O5/c1-6(15)13-8-10(17)9(16)7(5-14)18-11(8)19-12(2,3)4;1-6-8(13)9(14)7(5-12)15-10(6)16-11(2,3)4;3*1-10(2,3)16-9-6(11)8(14)7(13)5(4-12)15-9;1-10(2,3)11-6-8(14)7(13)5(4-12)16-9(6)15;1-10(2,3)16-9-8(14)7(13)6(12)5(4-11)15-9;2*1-9(2,3)14-8-7(12)6(11)5(10)4-13-8/h7-11,14,16-17H,5H2,1-4H3,(H,13,15);6-10,12-14H,5H2,1-4H3;5-9,12-14H,4H2,1-3H3;2*5-9,12-14H,4,11H2,1-3H3;5-9,11-15H,4H2,1-3H3;5-9,11-14H,4H2,1-3H3;2*5-8,10-12H,4H2,1-3H3/t7?,8?,9-,10-,11+;6?,7?,8-,9-,10-;2*5?,6?,7-,8-,9+;2*5?,6?,7-,8-,9-;5?,6-,7+,8?,9+;2*5-,6+,7?,8?/m111111111/s1. The van der Waals surface area contributed by atoms with Gasteiger partial charge in [-0.05, 0) is 187 Å². The Morgan fingerprint density at radius 2 is 0.510 bits per heavy atom. The topological polar surface area (TPSA) is 837 Å². The summed E-state index contributed by atoms with van der Waals surface area (Å²) in [6, 6.07) is -3.35. The summed E-state index contributed by atoms with van der Waals surface area (Å²) in [5.41, 5.74) is 6.99. The Kier molecular flexibility index (Phi) is 57.9. The van der Waals surface area contributed by atoms with Crippen LogP contribution in [-0.2, 0) is 85.3 Å². The molecule has 0 radical (unpaired) electrons. The molecule has 35 N–H and O–H groups in total. The number of ether oxygens (including phenoxy) is 17. The molecule has 43 atom stereocenters. The Morgan fingerprint density at radius 3 is 0.825 bits per heavy atom. The van der Waals surface area contributed by atoms with Gasteiger partial charge in [-0.15, -0.1) is 0 Å². The first-order valence-electron chi connectivity index (χ1n) is 47.5. The Labute approximate surface area is 837 Å². The van der Waals surface area contributed by atoms with E-state index >= 15 is 0 Å². The first-order valence-corrected chi connectivity index (χ1v) is 47.5. The van der Waals surface area contributed by atoms with Crippen molar-refractivity contribution in [2.75, 3.05) is 59.5 Å². The fraction of sp³-hybridized carbons (Fsp3) is 0.989. The van der Waals surface area contributed by atoms with Crippen molar-refractivity contribution in [1.29, 1.82) is 0 Å². The first-order chi connectivity index (χ1) is 64.8. The average Bonchev–Trinajstić information content (AvgIpc) is 0.842. The predicted octanol–water partition coefficient (Wildman–Crippen LogP) is -9.41. The van der Waals surface area contributed by atoms with Crippen LogP contribution in [0.15, 0.2) is 0 Å². The summed E-state index contributed by atoms with van der Waals surface area (Å²) in [4.78, 5) is 11.2. The first kappa shape index (κ1) is 138. The lowest BCUT2D eigenvalue weighted by molar-refractivity contribution is -0.320. The number of alkyl halides is 1. The van der Waals surface area contributed by atoms with Crippen LogP contribution in [0.4, 0.5) is 4.39 Å². The zero-order valence-electron chi connectivity index (χ0n) is 88.0. The Hall–Kier alpha value is -2.56. The molecule has 9 fully saturated rings. The van der Waals surface area contributed by atoms with Crippen molar-refractivity contribution in [3.05, 3.63) is 0 Å². The van der Waals surface area contributed by atoms with Crippen LogP contribution in [-0.4, -0.2) is 522 Å². The number of nitrogens with two attached hydrogens (primary N) is 2. The second-order valence-corrected chi connectivity index (χ2v) is 44.9. The van der Waals surface area contributed by atoms with E-state index in [1.807, 2.05) is 125 Å². The molecule has 9 saturated heterocycles. The van der Waals surface area contributed by atoms with E-state index in [4.69, 9.17) is 128 Å². The van der Waals surface area contributed by atoms with Gasteiger partial charge < -0.3 is 251 Å². The smallest absolute Gasteiger partial charge is 0.217 e. The molecule has 18 unspecified atom stereocenters. The van der Waals surface area contributed by atoms with Gasteiger partial charge in [0.05, 0.1) is 128 Å². The van der Waals surface area contributed by atoms with E-state index in [0.717, 1.165) is 0 Å². The monoisotopic (exact) mass is 2100 g/mol. The van der Waals surface area contributed by atoms with Gasteiger partial charge in [0, 0.05) is 18.4 Å². The molecule has 0 spiro atoms. The highest BCUT2D eigenvalue weighted by Gasteiger charge is 2.54. The highest BCUT2D eigenvalue weighted by molar-refractivity contribution is 5.73. The number of carbonyl (C=O) groups excluding carboxylic acids is 1. The molecule has 0 saturated carbocycles. The molecule has 9 aliphatic rings. The SMILES string of the molecule is CC(=O)NC1[C@H](OC(C)(C)C)OC(CO)[C@@H](O)[C@@H]1O.CC(C)(C)NC1[C@H](O)OC(CO)[C@@H](O)[C@@H]1O.CC(C)(C)OC1OC[C@@H](O)[C@H](O)C1O.CC(C)(C)OC1OC[C@@H](O)[C@H](O)C1O.CC(C)(C)O[C@@H]1OC(CO)[C@@H](O)[C@H](O)C1F.CC(C)(C)O[C@@H]1OC(CO)[C@@H](O)[C@H](O)C1N.CC(C)(C)O[C@@H]1OC(CO)[C@@H](O)[C@H](O)C1O.CC(C)(C)O[C@H]1OC(CO)[C@@H](O)[C@H](O)C1N.CC1[C@@H](OC(C)(C)C)OC(CO)[C@@H](O)[C@@H]1O. The molecule has 9 rings (SSSR count). The molecule has 0 aromatic heterocycles. The summed E-state index contributed by atoms with van der Waals surface area (Å²) in [6.07, 6.45) is -42.6. The van der Waals surface area contributed by atoms with Gasteiger partial charge in [0.2, 0.25) is 5.91 Å². The van der Waals surface area contributed by atoms with Crippen molar-refractivity contribution in [2.45, 2.75) is 509 Å². The normalized spacial score (nSPS) is 40.2. The van der Waals surface area contributed by atoms with Gasteiger partial charge in [0.1, 0.15) is 171 Å². The quantitative estimate of drug-likeness (QED) is 0.0643. The van der Waals surface area contributed by atoms with Gasteiger partial charge in [-0.3, -0.25) is 4.79 Å². The number of carbonyl (C=O) groups is 1. The minimum absolute atomic E-state index is 0.0288. The molecule has 52 heteroatoms. The van der Waals surface area contributed by atoms with Gasteiger partial charge in [-0.2, -0.15) is 0 Å². The molecule has 143 heavy (non-hydrogen) atoms. The lowest BCUT2D eigenvalue weighted by Gasteiger charge is -2.44. The lowest BCUT2D eigenvalue weighted by Crippen LogP contribution is -2.65. The van der Waals surface area contributed by atoms with Crippen LogP contribution in [0.25, 0.3) is 0 Å².